The molecule has 0 saturated heterocycles. The van der Waals surface area contributed by atoms with Crippen LogP contribution < -0.4 is 0 Å². The van der Waals surface area contributed by atoms with Crippen LogP contribution in [0.2, 0.25) is 5.02 Å². The summed E-state index contributed by atoms with van der Waals surface area (Å²) in [5.74, 6) is -1.19. The number of rotatable bonds is 3. The second-order valence-electron chi connectivity index (χ2n) is 4.61. The van der Waals surface area contributed by atoms with Crippen molar-refractivity contribution in [3.05, 3.63) is 40.4 Å². The Labute approximate surface area is 122 Å². The number of nitrogens with zero attached hydrogens (tertiary/aromatic N) is 1. The van der Waals surface area contributed by atoms with E-state index in [1.807, 2.05) is 13.0 Å². The summed E-state index contributed by atoms with van der Waals surface area (Å²) in [6.07, 6.45) is 2.51. The van der Waals surface area contributed by atoms with Gasteiger partial charge in [-0.25, -0.2) is 13.2 Å². The van der Waals surface area contributed by atoms with E-state index in [1.165, 1.54) is 16.4 Å². The molecule has 20 heavy (non-hydrogen) atoms. The van der Waals surface area contributed by atoms with E-state index in [1.54, 1.807) is 0 Å². The number of carboxylic acids is 1. The molecule has 0 aliphatic carbocycles. The number of carbonyl (C=O) groups is 1. The second kappa shape index (κ2) is 5.55. The molecule has 0 unspecified atom stereocenters. The molecule has 1 aliphatic rings. The van der Waals surface area contributed by atoms with Gasteiger partial charge in [0.2, 0.25) is 10.0 Å². The molecular weight excluding hydrogens is 302 g/mol. The SMILES string of the molecule is CC1=CCN(S(=O)(=O)c2cc(C(=O)O)ccc2Cl)CC1. The van der Waals surface area contributed by atoms with Gasteiger partial charge in [-0.2, -0.15) is 4.31 Å². The van der Waals surface area contributed by atoms with Gasteiger partial charge in [-0.1, -0.05) is 23.3 Å². The monoisotopic (exact) mass is 315 g/mol. The first-order valence-corrected chi connectivity index (χ1v) is 7.83. The summed E-state index contributed by atoms with van der Waals surface area (Å²) in [6.45, 7) is 2.60. The van der Waals surface area contributed by atoms with Crippen molar-refractivity contribution in [1.82, 2.24) is 4.31 Å². The number of aromatic carboxylic acids is 1. The quantitative estimate of drug-likeness (QED) is 0.869. The molecule has 1 aliphatic heterocycles. The van der Waals surface area contributed by atoms with Crippen LogP contribution in [0, 0.1) is 0 Å². The van der Waals surface area contributed by atoms with Crippen molar-refractivity contribution in [3.63, 3.8) is 0 Å². The molecule has 5 nitrogen and oxygen atoms in total. The minimum Gasteiger partial charge on any atom is -0.478 e. The van der Waals surface area contributed by atoms with Gasteiger partial charge in [-0.15, -0.1) is 0 Å². The van der Waals surface area contributed by atoms with Gasteiger partial charge < -0.3 is 5.11 Å². The van der Waals surface area contributed by atoms with E-state index in [-0.39, 0.29) is 22.0 Å². The molecule has 0 aromatic heterocycles. The molecular formula is C13H14ClNO4S. The van der Waals surface area contributed by atoms with Crippen LogP contribution in [-0.4, -0.2) is 36.9 Å². The largest absolute Gasteiger partial charge is 0.478 e. The Morgan fingerprint density at radius 3 is 2.65 bits per heavy atom. The molecule has 0 fully saturated rings. The molecule has 0 saturated carbocycles. The van der Waals surface area contributed by atoms with E-state index in [0.717, 1.165) is 11.6 Å². The Morgan fingerprint density at radius 1 is 1.40 bits per heavy atom. The number of hydrogen-bond acceptors (Lipinski definition) is 3. The fourth-order valence-electron chi connectivity index (χ4n) is 1.94. The minimum atomic E-state index is -3.78. The molecule has 0 atom stereocenters. The van der Waals surface area contributed by atoms with Crippen molar-refractivity contribution >= 4 is 27.6 Å². The third-order valence-electron chi connectivity index (χ3n) is 3.19. The van der Waals surface area contributed by atoms with E-state index in [0.29, 0.717) is 13.0 Å². The van der Waals surface area contributed by atoms with Crippen molar-refractivity contribution < 1.29 is 18.3 Å². The van der Waals surface area contributed by atoms with Gasteiger partial charge in [-0.3, -0.25) is 0 Å². The number of hydrogen-bond donors (Lipinski definition) is 1. The second-order valence-corrected chi connectivity index (χ2v) is 6.93. The highest BCUT2D eigenvalue weighted by molar-refractivity contribution is 7.89. The van der Waals surface area contributed by atoms with Crippen LogP contribution in [0.15, 0.2) is 34.7 Å². The fourth-order valence-corrected chi connectivity index (χ4v) is 3.82. The summed E-state index contributed by atoms with van der Waals surface area (Å²) in [5, 5.41) is 8.98. The Kier molecular flexibility index (Phi) is 4.17. The van der Waals surface area contributed by atoms with E-state index in [2.05, 4.69) is 0 Å². The van der Waals surface area contributed by atoms with Crippen LogP contribution in [0.4, 0.5) is 0 Å². The van der Waals surface area contributed by atoms with Crippen molar-refractivity contribution in [3.8, 4) is 0 Å². The topological polar surface area (TPSA) is 74.7 Å². The maximum absolute atomic E-state index is 12.5. The highest BCUT2D eigenvalue weighted by Gasteiger charge is 2.28. The highest BCUT2D eigenvalue weighted by atomic mass is 35.5. The van der Waals surface area contributed by atoms with E-state index < -0.39 is 16.0 Å². The zero-order valence-electron chi connectivity index (χ0n) is 10.8. The number of halogens is 1. The maximum Gasteiger partial charge on any atom is 0.335 e. The summed E-state index contributed by atoms with van der Waals surface area (Å²) >= 11 is 5.92. The van der Waals surface area contributed by atoms with Gasteiger partial charge in [0.05, 0.1) is 10.6 Å². The predicted octanol–water partition coefficient (Wildman–Crippen LogP) is 2.38. The Morgan fingerprint density at radius 2 is 2.10 bits per heavy atom. The van der Waals surface area contributed by atoms with E-state index in [9.17, 15) is 13.2 Å². The molecule has 0 bridgehead atoms. The lowest BCUT2D eigenvalue weighted by atomic mass is 10.1. The van der Waals surface area contributed by atoms with Crippen molar-refractivity contribution in [2.75, 3.05) is 13.1 Å². The maximum atomic E-state index is 12.5. The van der Waals surface area contributed by atoms with Crippen molar-refractivity contribution in [2.45, 2.75) is 18.2 Å². The summed E-state index contributed by atoms with van der Waals surface area (Å²) < 4.78 is 26.3. The van der Waals surface area contributed by atoms with Crippen LogP contribution in [-0.2, 0) is 10.0 Å². The summed E-state index contributed by atoms with van der Waals surface area (Å²) in [6, 6.07) is 3.68. The van der Waals surface area contributed by atoms with Crippen LogP contribution in [0.3, 0.4) is 0 Å². The van der Waals surface area contributed by atoms with Crippen LogP contribution >= 0.6 is 11.6 Å². The summed E-state index contributed by atoms with van der Waals surface area (Å²) in [4.78, 5) is 10.8. The zero-order chi connectivity index (χ0) is 14.9. The third kappa shape index (κ3) is 2.87. The Bertz CT molecular complexity index is 682. The Hall–Kier alpha value is -1.37. The average Bonchev–Trinajstić information content (AvgIpc) is 2.39. The molecule has 0 radical (unpaired) electrons. The molecule has 1 heterocycles. The lowest BCUT2D eigenvalue weighted by Gasteiger charge is -2.25. The van der Waals surface area contributed by atoms with Gasteiger partial charge in [0.25, 0.3) is 0 Å². The van der Waals surface area contributed by atoms with Gasteiger partial charge in [-0.05, 0) is 31.5 Å². The average molecular weight is 316 g/mol. The number of benzene rings is 1. The van der Waals surface area contributed by atoms with Crippen LogP contribution in [0.1, 0.15) is 23.7 Å². The molecule has 0 amide bonds. The molecule has 1 N–H and O–H groups in total. The lowest BCUT2D eigenvalue weighted by Crippen LogP contribution is -2.34. The van der Waals surface area contributed by atoms with Crippen LogP contribution in [0.25, 0.3) is 0 Å². The van der Waals surface area contributed by atoms with Crippen molar-refractivity contribution in [1.29, 1.82) is 0 Å². The first-order chi connectivity index (χ1) is 9.32. The first kappa shape index (κ1) is 15.0. The zero-order valence-corrected chi connectivity index (χ0v) is 12.4. The minimum absolute atomic E-state index is 0.0290. The van der Waals surface area contributed by atoms with E-state index in [4.69, 9.17) is 16.7 Å². The Balaban J connectivity index is 2.44. The van der Waals surface area contributed by atoms with Crippen molar-refractivity contribution in [2.24, 2.45) is 0 Å². The van der Waals surface area contributed by atoms with Gasteiger partial charge in [0.15, 0.2) is 0 Å². The predicted molar refractivity (Wildman–Crippen MR) is 75.5 cm³/mol. The van der Waals surface area contributed by atoms with E-state index >= 15 is 0 Å². The van der Waals surface area contributed by atoms with Gasteiger partial charge in [0.1, 0.15) is 4.90 Å². The smallest absolute Gasteiger partial charge is 0.335 e. The summed E-state index contributed by atoms with van der Waals surface area (Å²) in [5.41, 5.74) is 1.04. The highest BCUT2D eigenvalue weighted by Crippen LogP contribution is 2.27. The normalized spacial score (nSPS) is 16.8. The standard InChI is InChI=1S/C13H14ClNO4S/c1-9-4-6-15(7-5-9)20(18,19)12-8-10(13(16)17)2-3-11(12)14/h2-4,8H,5-7H2,1H3,(H,16,17). The number of sulfonamides is 1. The number of carboxylic acid groups (broad SMARTS) is 1. The molecule has 1 aromatic rings. The lowest BCUT2D eigenvalue weighted by molar-refractivity contribution is 0.0696. The fraction of sp³-hybridized carbons (Fsp3) is 0.308. The molecule has 7 heteroatoms. The molecule has 2 rings (SSSR count). The summed E-state index contributed by atoms with van der Waals surface area (Å²) in [7, 11) is -3.78. The molecule has 108 valence electrons. The molecule has 0 spiro atoms. The molecule has 1 aromatic carbocycles. The van der Waals surface area contributed by atoms with Gasteiger partial charge in [0, 0.05) is 13.1 Å². The van der Waals surface area contributed by atoms with Crippen LogP contribution in [0.5, 0.6) is 0 Å². The van der Waals surface area contributed by atoms with Gasteiger partial charge >= 0.3 is 5.97 Å². The third-order valence-corrected chi connectivity index (χ3v) is 5.54. The first-order valence-electron chi connectivity index (χ1n) is 6.01.